The van der Waals surface area contributed by atoms with Crippen molar-refractivity contribution in [1.29, 1.82) is 0 Å². The van der Waals surface area contributed by atoms with Crippen LogP contribution in [0, 0.1) is 0 Å². The molecule has 0 aliphatic heterocycles. The normalized spacial score (nSPS) is 11.1. The first-order chi connectivity index (χ1) is 8.09. The second-order valence-electron chi connectivity index (χ2n) is 3.69. The highest BCUT2D eigenvalue weighted by Crippen LogP contribution is 2.17. The molecule has 1 aromatic carbocycles. The molecule has 17 heavy (non-hydrogen) atoms. The highest BCUT2D eigenvalue weighted by atomic mass is 16.4. The van der Waals surface area contributed by atoms with Crippen LogP contribution in [0.2, 0.25) is 0 Å². The van der Waals surface area contributed by atoms with E-state index in [4.69, 9.17) is 5.11 Å². The first-order valence-corrected chi connectivity index (χ1v) is 5.09. The summed E-state index contributed by atoms with van der Waals surface area (Å²) >= 11 is 0. The molecule has 0 aliphatic carbocycles. The van der Waals surface area contributed by atoms with Crippen LogP contribution in [0.5, 0.6) is 0 Å². The lowest BCUT2D eigenvalue weighted by Crippen LogP contribution is -2.16. The quantitative estimate of drug-likeness (QED) is 0.796. The lowest BCUT2D eigenvalue weighted by atomic mass is 10.1. The van der Waals surface area contributed by atoms with Gasteiger partial charge in [0.15, 0.2) is 0 Å². The smallest absolute Gasteiger partial charge is 0.328 e. The summed E-state index contributed by atoms with van der Waals surface area (Å²) in [7, 11) is 1.69. The molecule has 0 bridgehead atoms. The predicted octanol–water partition coefficient (Wildman–Crippen LogP) is 1.64. The highest BCUT2D eigenvalue weighted by Gasteiger charge is 2.03. The summed E-state index contributed by atoms with van der Waals surface area (Å²) in [6.45, 7) is 0. The molecule has 86 valence electrons. The lowest BCUT2D eigenvalue weighted by Gasteiger charge is -2.06. The Morgan fingerprint density at radius 1 is 1.35 bits per heavy atom. The minimum atomic E-state index is -1.03. The fourth-order valence-electron chi connectivity index (χ4n) is 1.74. The number of carbonyl (C=O) groups is 1. The third-order valence-electron chi connectivity index (χ3n) is 2.59. The Kier molecular flexibility index (Phi) is 2.78. The highest BCUT2D eigenvalue weighted by molar-refractivity contribution is 5.92. The van der Waals surface area contributed by atoms with Gasteiger partial charge in [-0.3, -0.25) is 4.79 Å². The first kappa shape index (κ1) is 11.1. The number of nitrogens with zero attached hydrogens (tertiary/aromatic N) is 1. The molecule has 0 saturated carbocycles. The van der Waals surface area contributed by atoms with Crippen LogP contribution in [0.3, 0.4) is 0 Å². The Balaban J connectivity index is 2.76. The third-order valence-corrected chi connectivity index (χ3v) is 2.59. The average Bonchev–Trinajstić information content (AvgIpc) is 2.32. The Morgan fingerprint density at radius 3 is 2.76 bits per heavy atom. The van der Waals surface area contributed by atoms with Crippen molar-refractivity contribution < 1.29 is 9.90 Å². The summed E-state index contributed by atoms with van der Waals surface area (Å²) in [6.07, 6.45) is 2.47. The van der Waals surface area contributed by atoms with Crippen LogP contribution < -0.4 is 5.56 Å². The predicted molar refractivity (Wildman–Crippen MR) is 65.9 cm³/mol. The number of fused-ring (bicyclic) bond motifs is 1. The van der Waals surface area contributed by atoms with E-state index in [2.05, 4.69) is 0 Å². The van der Waals surface area contributed by atoms with Gasteiger partial charge < -0.3 is 9.67 Å². The molecular formula is C13H11NO3. The van der Waals surface area contributed by atoms with Gasteiger partial charge in [-0.25, -0.2) is 4.79 Å². The zero-order valence-electron chi connectivity index (χ0n) is 9.25. The van der Waals surface area contributed by atoms with Crippen LogP contribution in [-0.2, 0) is 11.8 Å². The number of pyridine rings is 1. The van der Waals surface area contributed by atoms with Crippen molar-refractivity contribution in [2.45, 2.75) is 0 Å². The van der Waals surface area contributed by atoms with Crippen LogP contribution in [0.15, 0.2) is 41.2 Å². The molecule has 0 fully saturated rings. The van der Waals surface area contributed by atoms with Crippen molar-refractivity contribution in [3.8, 4) is 0 Å². The summed E-state index contributed by atoms with van der Waals surface area (Å²) < 4.78 is 1.54. The van der Waals surface area contributed by atoms with Crippen molar-refractivity contribution in [2.75, 3.05) is 0 Å². The number of carboxylic acids is 1. The number of aromatic nitrogens is 1. The van der Waals surface area contributed by atoms with Crippen molar-refractivity contribution in [3.05, 3.63) is 52.3 Å². The molecule has 0 radical (unpaired) electrons. The zero-order chi connectivity index (χ0) is 12.4. The molecule has 4 nitrogen and oxygen atoms in total. The van der Waals surface area contributed by atoms with E-state index in [0.717, 1.165) is 17.0 Å². The van der Waals surface area contributed by atoms with E-state index in [1.54, 1.807) is 7.05 Å². The van der Waals surface area contributed by atoms with E-state index >= 15 is 0 Å². The Morgan fingerprint density at radius 2 is 2.06 bits per heavy atom. The molecule has 0 amide bonds. The largest absolute Gasteiger partial charge is 0.478 e. The molecule has 1 N–H and O–H groups in total. The van der Waals surface area contributed by atoms with Gasteiger partial charge in [0, 0.05) is 24.6 Å². The molecule has 0 spiro atoms. The summed E-state index contributed by atoms with van der Waals surface area (Å²) in [4.78, 5) is 22.2. The summed E-state index contributed by atoms with van der Waals surface area (Å²) in [5.74, 6) is -1.03. The zero-order valence-corrected chi connectivity index (χ0v) is 9.25. The van der Waals surface area contributed by atoms with Gasteiger partial charge in [0.25, 0.3) is 5.56 Å². The molecule has 2 aromatic rings. The fraction of sp³-hybridized carbons (Fsp3) is 0.0769. The van der Waals surface area contributed by atoms with Gasteiger partial charge in [-0.1, -0.05) is 18.2 Å². The maximum absolute atomic E-state index is 11.7. The number of aliphatic carboxylic acids is 1. The van der Waals surface area contributed by atoms with Crippen LogP contribution in [-0.4, -0.2) is 15.6 Å². The number of aryl methyl sites for hydroxylation is 1. The standard InChI is InChI=1S/C13H11NO3/c1-14-11-5-3-2-4-10(11)9(8-12(14)15)6-7-13(16)17/h2-8H,1H3,(H,16,17). The molecule has 1 aromatic heterocycles. The van der Waals surface area contributed by atoms with E-state index in [1.807, 2.05) is 24.3 Å². The molecule has 1 heterocycles. The van der Waals surface area contributed by atoms with Gasteiger partial charge in [0.2, 0.25) is 0 Å². The maximum Gasteiger partial charge on any atom is 0.328 e. The van der Waals surface area contributed by atoms with Crippen molar-refractivity contribution in [1.82, 2.24) is 4.57 Å². The monoisotopic (exact) mass is 229 g/mol. The molecule has 4 heteroatoms. The lowest BCUT2D eigenvalue weighted by molar-refractivity contribution is -0.131. The summed E-state index contributed by atoms with van der Waals surface area (Å²) in [5.41, 5.74) is 1.24. The van der Waals surface area contributed by atoms with Gasteiger partial charge in [-0.2, -0.15) is 0 Å². The number of carboxylic acid groups (broad SMARTS) is 1. The van der Waals surface area contributed by atoms with Crippen LogP contribution in [0.4, 0.5) is 0 Å². The summed E-state index contributed by atoms with van der Waals surface area (Å²) in [6, 6.07) is 8.81. The van der Waals surface area contributed by atoms with Gasteiger partial charge >= 0.3 is 5.97 Å². The molecule has 0 saturated heterocycles. The number of hydrogen-bond donors (Lipinski definition) is 1. The van der Waals surface area contributed by atoms with E-state index in [9.17, 15) is 9.59 Å². The van der Waals surface area contributed by atoms with Gasteiger partial charge in [-0.15, -0.1) is 0 Å². The second kappa shape index (κ2) is 4.25. The van der Waals surface area contributed by atoms with Crippen molar-refractivity contribution in [3.63, 3.8) is 0 Å². The average molecular weight is 229 g/mol. The number of hydrogen-bond acceptors (Lipinski definition) is 2. The van der Waals surface area contributed by atoms with Crippen LogP contribution in [0.25, 0.3) is 17.0 Å². The fourth-order valence-corrected chi connectivity index (χ4v) is 1.74. The Hall–Kier alpha value is -2.36. The van der Waals surface area contributed by atoms with Gasteiger partial charge in [0.1, 0.15) is 0 Å². The minimum absolute atomic E-state index is 0.159. The van der Waals surface area contributed by atoms with Crippen molar-refractivity contribution in [2.24, 2.45) is 7.05 Å². The number of para-hydroxylation sites is 1. The molecule has 2 rings (SSSR count). The minimum Gasteiger partial charge on any atom is -0.478 e. The SMILES string of the molecule is Cn1c(=O)cc(C=CC(=O)O)c2ccccc21. The maximum atomic E-state index is 11.7. The van der Waals surface area contributed by atoms with Gasteiger partial charge in [0.05, 0.1) is 5.52 Å². The molecular weight excluding hydrogens is 218 g/mol. The van der Waals surface area contributed by atoms with E-state index in [0.29, 0.717) is 5.56 Å². The molecule has 0 atom stereocenters. The molecule has 0 aliphatic rings. The van der Waals surface area contributed by atoms with Crippen LogP contribution in [0.1, 0.15) is 5.56 Å². The number of rotatable bonds is 2. The van der Waals surface area contributed by atoms with Gasteiger partial charge in [-0.05, 0) is 17.7 Å². The van der Waals surface area contributed by atoms with E-state index < -0.39 is 5.97 Å². The van der Waals surface area contributed by atoms with Crippen LogP contribution >= 0.6 is 0 Å². The second-order valence-corrected chi connectivity index (χ2v) is 3.69. The Bertz CT molecular complexity index is 668. The third kappa shape index (κ3) is 2.10. The first-order valence-electron chi connectivity index (χ1n) is 5.09. The summed E-state index contributed by atoms with van der Waals surface area (Å²) in [5, 5.41) is 9.45. The topological polar surface area (TPSA) is 59.3 Å². The Labute approximate surface area is 97.4 Å². The van der Waals surface area contributed by atoms with E-state index in [-0.39, 0.29) is 5.56 Å². The number of benzene rings is 1. The van der Waals surface area contributed by atoms with E-state index in [1.165, 1.54) is 16.7 Å². The molecule has 0 unspecified atom stereocenters. The van der Waals surface area contributed by atoms with Crippen molar-refractivity contribution >= 4 is 22.9 Å².